The third-order valence-corrected chi connectivity index (χ3v) is 3.11. The van der Waals surface area contributed by atoms with Crippen molar-refractivity contribution in [2.75, 3.05) is 33.5 Å². The number of rotatable bonds is 12. The van der Waals surface area contributed by atoms with Crippen LogP contribution in [-0.4, -0.2) is 33.5 Å². The van der Waals surface area contributed by atoms with Crippen molar-refractivity contribution in [2.24, 2.45) is 5.41 Å². The van der Waals surface area contributed by atoms with Gasteiger partial charge in [-0.2, -0.15) is 0 Å². The Kier molecular flexibility index (Phi) is 10.4. The largest absolute Gasteiger partial charge is 0.493 e. The fourth-order valence-corrected chi connectivity index (χ4v) is 1.93. The minimum atomic E-state index is -0.241. The molecule has 21 heavy (non-hydrogen) atoms. The Bertz CT molecular complexity index is 400. The molecule has 0 saturated heterocycles. The normalized spacial score (nSPS) is 12.7. The first-order chi connectivity index (χ1) is 10.0. The topological polar surface area (TPSA) is 27.7 Å². The third-order valence-electron chi connectivity index (χ3n) is 3.11. The van der Waals surface area contributed by atoms with E-state index in [4.69, 9.17) is 14.2 Å². The molecule has 0 aromatic rings. The highest BCUT2D eigenvalue weighted by Crippen LogP contribution is 2.28. The first-order valence-corrected chi connectivity index (χ1v) is 7.15. The van der Waals surface area contributed by atoms with E-state index < -0.39 is 0 Å². The molecule has 0 aliphatic carbocycles. The molecule has 0 spiro atoms. The van der Waals surface area contributed by atoms with Gasteiger partial charge in [0.25, 0.3) is 0 Å². The second kappa shape index (κ2) is 11.2. The summed E-state index contributed by atoms with van der Waals surface area (Å²) in [5.74, 6) is 6.41. The summed E-state index contributed by atoms with van der Waals surface area (Å²) in [6.07, 6.45) is 3.22. The van der Waals surface area contributed by atoms with Gasteiger partial charge in [0, 0.05) is 13.7 Å². The van der Waals surface area contributed by atoms with Crippen LogP contribution in [0.25, 0.3) is 0 Å². The lowest BCUT2D eigenvalue weighted by molar-refractivity contribution is -0.0473. The van der Waals surface area contributed by atoms with Gasteiger partial charge in [0.1, 0.15) is 5.76 Å². The molecular weight excluding hydrogens is 264 g/mol. The Morgan fingerprint density at radius 3 is 2.48 bits per heavy atom. The van der Waals surface area contributed by atoms with Gasteiger partial charge in [0.05, 0.1) is 25.2 Å². The summed E-state index contributed by atoms with van der Waals surface area (Å²) in [5.41, 5.74) is 0.673. The molecule has 3 heteroatoms. The van der Waals surface area contributed by atoms with E-state index in [-0.39, 0.29) is 5.41 Å². The van der Waals surface area contributed by atoms with Crippen molar-refractivity contribution in [2.45, 2.75) is 26.7 Å². The molecule has 0 fully saturated rings. The number of hydrogen-bond acceptors (Lipinski definition) is 3. The van der Waals surface area contributed by atoms with Gasteiger partial charge in [0.2, 0.25) is 0 Å². The van der Waals surface area contributed by atoms with Crippen molar-refractivity contribution >= 4 is 0 Å². The van der Waals surface area contributed by atoms with Gasteiger partial charge < -0.3 is 14.2 Å². The van der Waals surface area contributed by atoms with Crippen molar-refractivity contribution in [3.63, 3.8) is 0 Å². The van der Waals surface area contributed by atoms with Gasteiger partial charge >= 0.3 is 0 Å². The summed E-state index contributed by atoms with van der Waals surface area (Å²) >= 11 is 0. The van der Waals surface area contributed by atoms with Crippen LogP contribution in [0.15, 0.2) is 37.1 Å². The molecule has 0 rings (SSSR count). The highest BCUT2D eigenvalue weighted by atomic mass is 16.5. The van der Waals surface area contributed by atoms with E-state index in [1.165, 1.54) is 0 Å². The second-order valence-electron chi connectivity index (χ2n) is 5.01. The van der Waals surface area contributed by atoms with E-state index in [9.17, 15) is 0 Å². The first kappa shape index (κ1) is 19.5. The maximum atomic E-state index is 5.66. The predicted octanol–water partition coefficient (Wildman–Crippen LogP) is 3.73. The maximum absolute atomic E-state index is 5.66. The Labute approximate surface area is 129 Å². The summed E-state index contributed by atoms with van der Waals surface area (Å²) < 4.78 is 16.7. The van der Waals surface area contributed by atoms with Crippen molar-refractivity contribution < 1.29 is 14.2 Å². The average molecular weight is 292 g/mol. The molecule has 0 aliphatic rings. The zero-order chi connectivity index (χ0) is 16.1. The van der Waals surface area contributed by atoms with Crippen LogP contribution in [0.2, 0.25) is 0 Å². The van der Waals surface area contributed by atoms with Crippen molar-refractivity contribution in [1.82, 2.24) is 0 Å². The lowest BCUT2D eigenvalue weighted by atomic mass is 9.84. The summed E-state index contributed by atoms with van der Waals surface area (Å²) in [5, 5.41) is 0. The van der Waals surface area contributed by atoms with Crippen LogP contribution in [0, 0.1) is 17.3 Å². The Morgan fingerprint density at radius 2 is 1.95 bits per heavy atom. The molecule has 0 radical (unpaired) electrons. The highest BCUT2D eigenvalue weighted by Gasteiger charge is 2.32. The van der Waals surface area contributed by atoms with E-state index in [1.54, 1.807) is 13.2 Å². The van der Waals surface area contributed by atoms with Gasteiger partial charge in [-0.05, 0) is 38.3 Å². The zero-order valence-electron chi connectivity index (χ0n) is 13.7. The number of hydrogen-bond donors (Lipinski definition) is 0. The molecule has 0 bridgehead atoms. The molecule has 0 aromatic heterocycles. The summed E-state index contributed by atoms with van der Waals surface area (Å²) in [6, 6.07) is 0. The molecule has 0 N–H and O–H groups in total. The Morgan fingerprint density at radius 1 is 1.24 bits per heavy atom. The molecule has 0 heterocycles. The smallest absolute Gasteiger partial charge is 0.111 e. The SMILES string of the molecule is C=CC(=C)OCC(CCC(=C)C#CC)(COC)COCC. The summed E-state index contributed by atoms with van der Waals surface area (Å²) in [4.78, 5) is 0. The lowest BCUT2D eigenvalue weighted by Crippen LogP contribution is -2.37. The van der Waals surface area contributed by atoms with Crippen LogP contribution >= 0.6 is 0 Å². The van der Waals surface area contributed by atoms with E-state index >= 15 is 0 Å². The number of ether oxygens (including phenoxy) is 3. The van der Waals surface area contributed by atoms with E-state index in [2.05, 4.69) is 31.6 Å². The van der Waals surface area contributed by atoms with Crippen molar-refractivity contribution in [1.29, 1.82) is 0 Å². The minimum absolute atomic E-state index is 0.241. The van der Waals surface area contributed by atoms with E-state index in [1.807, 2.05) is 13.8 Å². The van der Waals surface area contributed by atoms with Gasteiger partial charge in [0.15, 0.2) is 0 Å². The van der Waals surface area contributed by atoms with E-state index in [0.29, 0.717) is 32.2 Å². The predicted molar refractivity (Wildman–Crippen MR) is 87.9 cm³/mol. The van der Waals surface area contributed by atoms with Crippen molar-refractivity contribution in [3.8, 4) is 11.8 Å². The van der Waals surface area contributed by atoms with Crippen LogP contribution in [0.3, 0.4) is 0 Å². The standard InChI is InChI=1S/C18H28O3/c1-7-10-16(4)11-12-18(13-19-6,14-20-9-3)15-21-17(5)8-2/h8H,2,4-5,9,11-15H2,1,3,6H3. The molecule has 3 nitrogen and oxygen atoms in total. The monoisotopic (exact) mass is 292 g/mol. The van der Waals surface area contributed by atoms with Crippen LogP contribution in [0.5, 0.6) is 0 Å². The fourth-order valence-electron chi connectivity index (χ4n) is 1.93. The fraction of sp³-hybridized carbons (Fsp3) is 0.556. The Hall–Kier alpha value is -1.50. The molecular formula is C18H28O3. The molecule has 1 atom stereocenters. The van der Waals surface area contributed by atoms with E-state index in [0.717, 1.165) is 18.4 Å². The van der Waals surface area contributed by atoms with Gasteiger partial charge in [-0.25, -0.2) is 0 Å². The molecule has 118 valence electrons. The average Bonchev–Trinajstić information content (AvgIpc) is 2.48. The first-order valence-electron chi connectivity index (χ1n) is 7.15. The highest BCUT2D eigenvalue weighted by molar-refractivity contribution is 5.24. The number of methoxy groups -OCH3 is 1. The van der Waals surface area contributed by atoms with Gasteiger partial charge in [-0.3, -0.25) is 0 Å². The second-order valence-corrected chi connectivity index (χ2v) is 5.01. The minimum Gasteiger partial charge on any atom is -0.493 e. The third kappa shape index (κ3) is 8.39. The molecule has 0 aromatic carbocycles. The molecule has 0 aliphatic heterocycles. The maximum Gasteiger partial charge on any atom is 0.111 e. The quantitative estimate of drug-likeness (QED) is 0.312. The van der Waals surface area contributed by atoms with Crippen molar-refractivity contribution in [3.05, 3.63) is 37.1 Å². The lowest BCUT2D eigenvalue weighted by Gasteiger charge is -2.32. The zero-order valence-corrected chi connectivity index (χ0v) is 13.7. The number of allylic oxidation sites excluding steroid dienone is 2. The summed E-state index contributed by atoms with van der Waals surface area (Å²) in [7, 11) is 1.68. The van der Waals surface area contributed by atoms with Crippen LogP contribution < -0.4 is 0 Å². The Balaban J connectivity index is 4.86. The molecule has 0 saturated carbocycles. The molecule has 0 amide bonds. The van der Waals surface area contributed by atoms with Crippen LogP contribution in [0.1, 0.15) is 26.7 Å². The van der Waals surface area contributed by atoms with Gasteiger partial charge in [-0.15, -0.1) is 5.92 Å². The van der Waals surface area contributed by atoms with Crippen LogP contribution in [0.4, 0.5) is 0 Å². The summed E-state index contributed by atoms with van der Waals surface area (Å²) in [6.45, 7) is 17.4. The van der Waals surface area contributed by atoms with Gasteiger partial charge in [-0.1, -0.05) is 25.7 Å². The molecule has 1 unspecified atom stereocenters. The van der Waals surface area contributed by atoms with Crippen LogP contribution in [-0.2, 0) is 14.2 Å².